The lowest BCUT2D eigenvalue weighted by atomic mass is 10.1. The van der Waals surface area contributed by atoms with Crippen molar-refractivity contribution in [2.45, 2.75) is 18.9 Å². The zero-order valence-electron chi connectivity index (χ0n) is 6.43. The molecule has 2 heteroatoms. The predicted octanol–water partition coefficient (Wildman–Crippen LogP) is 1.37. The summed E-state index contributed by atoms with van der Waals surface area (Å²) in [5.41, 5.74) is 0.140. The maximum atomic E-state index is 5.20. The zero-order chi connectivity index (χ0) is 7.45. The summed E-state index contributed by atoms with van der Waals surface area (Å²) in [7, 11) is 0. The third kappa shape index (κ3) is 2.50. The van der Waals surface area contributed by atoms with Crippen molar-refractivity contribution in [3.8, 4) is 0 Å². The highest BCUT2D eigenvalue weighted by Crippen LogP contribution is 2.29. The Kier molecular flexibility index (Phi) is 2.46. The monoisotopic (exact) mass is 142 g/mol. The van der Waals surface area contributed by atoms with Gasteiger partial charge in [0.05, 0.1) is 18.8 Å². The molecule has 0 N–H and O–H groups in total. The van der Waals surface area contributed by atoms with Gasteiger partial charge in [0, 0.05) is 13.0 Å². The van der Waals surface area contributed by atoms with E-state index in [0.717, 1.165) is 19.6 Å². The predicted molar refractivity (Wildman–Crippen MR) is 40.0 cm³/mol. The van der Waals surface area contributed by atoms with E-state index in [4.69, 9.17) is 9.47 Å². The second-order valence-corrected chi connectivity index (χ2v) is 2.85. The van der Waals surface area contributed by atoms with Crippen molar-refractivity contribution in [2.75, 3.05) is 19.8 Å². The fourth-order valence-electron chi connectivity index (χ4n) is 0.722. The molecule has 1 saturated heterocycles. The van der Waals surface area contributed by atoms with Gasteiger partial charge < -0.3 is 9.47 Å². The Balaban J connectivity index is 1.90. The second-order valence-electron chi connectivity index (χ2n) is 2.85. The Morgan fingerprint density at radius 2 is 2.50 bits per heavy atom. The highest BCUT2D eigenvalue weighted by atomic mass is 16.6. The summed E-state index contributed by atoms with van der Waals surface area (Å²) in [6.45, 7) is 7.98. The first-order chi connectivity index (χ1) is 4.77. The highest BCUT2D eigenvalue weighted by Gasteiger charge is 2.38. The van der Waals surface area contributed by atoms with Crippen LogP contribution in [0.2, 0.25) is 0 Å². The first-order valence-corrected chi connectivity index (χ1v) is 3.59. The molecule has 0 saturated carbocycles. The largest absolute Gasteiger partial charge is 0.377 e. The quantitative estimate of drug-likeness (QED) is 0.328. The lowest BCUT2D eigenvalue weighted by Gasteiger charge is -2.03. The Morgan fingerprint density at radius 1 is 1.80 bits per heavy atom. The van der Waals surface area contributed by atoms with Gasteiger partial charge >= 0.3 is 0 Å². The van der Waals surface area contributed by atoms with Gasteiger partial charge in [-0.1, -0.05) is 6.08 Å². The Hall–Kier alpha value is -0.340. The van der Waals surface area contributed by atoms with Crippen LogP contribution in [0.25, 0.3) is 0 Å². The Morgan fingerprint density at radius 3 is 3.00 bits per heavy atom. The molecular weight excluding hydrogens is 128 g/mol. The van der Waals surface area contributed by atoms with Gasteiger partial charge in [0.1, 0.15) is 0 Å². The molecule has 0 aromatic rings. The van der Waals surface area contributed by atoms with E-state index in [2.05, 4.69) is 13.5 Å². The summed E-state index contributed by atoms with van der Waals surface area (Å²) >= 11 is 0. The van der Waals surface area contributed by atoms with Crippen LogP contribution >= 0.6 is 0 Å². The summed E-state index contributed by atoms with van der Waals surface area (Å²) in [6.07, 6.45) is 2.76. The average molecular weight is 142 g/mol. The smallest absolute Gasteiger partial charge is 0.0910 e. The number of epoxide rings is 1. The van der Waals surface area contributed by atoms with E-state index in [1.807, 2.05) is 0 Å². The molecule has 10 heavy (non-hydrogen) atoms. The van der Waals surface area contributed by atoms with Gasteiger partial charge in [0.2, 0.25) is 0 Å². The van der Waals surface area contributed by atoms with Gasteiger partial charge in [0.15, 0.2) is 0 Å². The molecule has 1 aliphatic rings. The minimum Gasteiger partial charge on any atom is -0.377 e. The summed E-state index contributed by atoms with van der Waals surface area (Å²) in [6, 6.07) is 0. The maximum Gasteiger partial charge on any atom is 0.0910 e. The van der Waals surface area contributed by atoms with Gasteiger partial charge in [-0.25, -0.2) is 0 Å². The van der Waals surface area contributed by atoms with Gasteiger partial charge in [-0.2, -0.15) is 0 Å². The van der Waals surface area contributed by atoms with E-state index in [-0.39, 0.29) is 5.60 Å². The molecule has 1 fully saturated rings. The molecule has 1 heterocycles. The molecule has 0 aromatic carbocycles. The van der Waals surface area contributed by atoms with Crippen molar-refractivity contribution >= 4 is 0 Å². The molecule has 0 spiro atoms. The Bertz CT molecular complexity index is 116. The molecule has 58 valence electrons. The Labute approximate surface area is 61.8 Å². The van der Waals surface area contributed by atoms with Gasteiger partial charge in [-0.3, -0.25) is 0 Å². The molecule has 0 unspecified atom stereocenters. The number of hydrogen-bond acceptors (Lipinski definition) is 2. The molecule has 0 aliphatic carbocycles. The van der Waals surface area contributed by atoms with Crippen LogP contribution in [-0.4, -0.2) is 25.4 Å². The van der Waals surface area contributed by atoms with Crippen molar-refractivity contribution < 1.29 is 9.47 Å². The summed E-state index contributed by atoms with van der Waals surface area (Å²) < 4.78 is 10.4. The van der Waals surface area contributed by atoms with Crippen molar-refractivity contribution in [1.29, 1.82) is 0 Å². The third-order valence-corrected chi connectivity index (χ3v) is 1.65. The van der Waals surface area contributed by atoms with E-state index in [1.165, 1.54) is 0 Å². The van der Waals surface area contributed by atoms with Gasteiger partial charge in [0.25, 0.3) is 0 Å². The number of rotatable bonds is 5. The van der Waals surface area contributed by atoms with E-state index < -0.39 is 0 Å². The lowest BCUT2D eigenvalue weighted by Crippen LogP contribution is -2.08. The van der Waals surface area contributed by atoms with Crippen LogP contribution in [0.5, 0.6) is 0 Å². The fraction of sp³-hybridized carbons (Fsp3) is 0.750. The molecule has 0 bridgehead atoms. The molecule has 1 rings (SSSR count). The fourth-order valence-corrected chi connectivity index (χ4v) is 0.722. The molecule has 0 aromatic heterocycles. The van der Waals surface area contributed by atoms with E-state index >= 15 is 0 Å². The standard InChI is InChI=1S/C8H14O2/c1-3-5-9-6-4-8(2)7-10-8/h3H,1,4-7H2,2H3/t8-/m0/s1. The van der Waals surface area contributed by atoms with Crippen molar-refractivity contribution in [3.05, 3.63) is 12.7 Å². The number of hydrogen-bond donors (Lipinski definition) is 0. The minimum atomic E-state index is 0.140. The summed E-state index contributed by atoms with van der Waals surface area (Å²) in [5.74, 6) is 0. The van der Waals surface area contributed by atoms with E-state index in [1.54, 1.807) is 6.08 Å². The molecular formula is C8H14O2. The molecule has 2 nitrogen and oxygen atoms in total. The molecule has 1 aliphatic heterocycles. The third-order valence-electron chi connectivity index (χ3n) is 1.65. The second kappa shape index (κ2) is 3.17. The van der Waals surface area contributed by atoms with Crippen LogP contribution in [0.15, 0.2) is 12.7 Å². The van der Waals surface area contributed by atoms with Crippen molar-refractivity contribution in [2.24, 2.45) is 0 Å². The topological polar surface area (TPSA) is 21.8 Å². The molecule has 1 atom stereocenters. The molecule has 0 amide bonds. The minimum absolute atomic E-state index is 0.140. The first-order valence-electron chi connectivity index (χ1n) is 3.59. The summed E-state index contributed by atoms with van der Waals surface area (Å²) in [4.78, 5) is 0. The first kappa shape index (κ1) is 7.76. The van der Waals surface area contributed by atoms with Crippen LogP contribution in [-0.2, 0) is 9.47 Å². The van der Waals surface area contributed by atoms with Crippen LogP contribution < -0.4 is 0 Å². The normalized spacial score (nSPS) is 30.1. The average Bonchev–Trinajstić information content (AvgIpc) is 2.62. The van der Waals surface area contributed by atoms with Gasteiger partial charge in [-0.05, 0) is 6.92 Å². The van der Waals surface area contributed by atoms with Crippen LogP contribution in [0, 0.1) is 0 Å². The van der Waals surface area contributed by atoms with Crippen molar-refractivity contribution in [3.63, 3.8) is 0 Å². The van der Waals surface area contributed by atoms with Crippen LogP contribution in [0.3, 0.4) is 0 Å². The van der Waals surface area contributed by atoms with Crippen LogP contribution in [0.1, 0.15) is 13.3 Å². The van der Waals surface area contributed by atoms with Crippen molar-refractivity contribution in [1.82, 2.24) is 0 Å². The van der Waals surface area contributed by atoms with E-state index in [9.17, 15) is 0 Å². The lowest BCUT2D eigenvalue weighted by molar-refractivity contribution is 0.137. The molecule has 0 radical (unpaired) electrons. The maximum absolute atomic E-state index is 5.20. The van der Waals surface area contributed by atoms with Gasteiger partial charge in [-0.15, -0.1) is 6.58 Å². The van der Waals surface area contributed by atoms with Crippen LogP contribution in [0.4, 0.5) is 0 Å². The number of ether oxygens (including phenoxy) is 2. The highest BCUT2D eigenvalue weighted by molar-refractivity contribution is 4.86. The SMILES string of the molecule is C=CCOCC[C@@]1(C)CO1. The summed E-state index contributed by atoms with van der Waals surface area (Å²) in [5, 5.41) is 0. The zero-order valence-corrected chi connectivity index (χ0v) is 6.43. The van der Waals surface area contributed by atoms with E-state index in [0.29, 0.717) is 6.61 Å².